The van der Waals surface area contributed by atoms with Gasteiger partial charge in [0.1, 0.15) is 0 Å². The van der Waals surface area contributed by atoms with Gasteiger partial charge in [0, 0.05) is 12.1 Å². The smallest absolute Gasteiger partial charge is 0.372 e. The molecule has 0 atom stereocenters. The zero-order chi connectivity index (χ0) is 9.97. The third-order valence-electron chi connectivity index (χ3n) is 2.27. The molecule has 14 heavy (non-hydrogen) atoms. The molecule has 0 saturated heterocycles. The summed E-state index contributed by atoms with van der Waals surface area (Å²) in [4.78, 5) is 10.8. The molecule has 0 unspecified atom stereocenters. The van der Waals surface area contributed by atoms with E-state index in [1.165, 1.54) is 6.26 Å². The van der Waals surface area contributed by atoms with E-state index in [1.54, 1.807) is 6.07 Å². The highest BCUT2D eigenvalue weighted by Gasteiger charge is 2.17. The molecular weight excluding hydrogens is 182 g/mol. The minimum absolute atomic E-state index is 0.0400. The molecule has 1 aromatic heterocycles. The van der Waals surface area contributed by atoms with E-state index in [1.807, 2.05) is 6.08 Å². The van der Waals surface area contributed by atoms with Crippen LogP contribution in [0, 0.1) is 0 Å². The van der Waals surface area contributed by atoms with Crippen molar-refractivity contribution in [1.29, 1.82) is 0 Å². The zero-order valence-electron chi connectivity index (χ0n) is 7.62. The third-order valence-corrected chi connectivity index (χ3v) is 2.27. The molecule has 0 spiro atoms. The summed E-state index contributed by atoms with van der Waals surface area (Å²) in [5, 5.41) is 12.0. The largest absolute Gasteiger partial charge is 0.475 e. The summed E-state index contributed by atoms with van der Waals surface area (Å²) in [5.41, 5.74) is 1.76. The fourth-order valence-electron chi connectivity index (χ4n) is 1.59. The number of rotatable bonds is 2. The monoisotopic (exact) mass is 193 g/mol. The summed E-state index contributed by atoms with van der Waals surface area (Å²) in [6.45, 7) is 1.68. The van der Waals surface area contributed by atoms with E-state index < -0.39 is 5.97 Å². The molecule has 4 heteroatoms. The predicted molar refractivity (Wildman–Crippen MR) is 51.1 cm³/mol. The van der Waals surface area contributed by atoms with Gasteiger partial charge in [-0.05, 0) is 24.6 Å². The maximum absolute atomic E-state index is 10.8. The molecule has 2 heterocycles. The van der Waals surface area contributed by atoms with Crippen LogP contribution in [0.1, 0.15) is 22.5 Å². The number of hydrogen-bond donors (Lipinski definition) is 2. The van der Waals surface area contributed by atoms with Crippen molar-refractivity contribution in [1.82, 2.24) is 5.32 Å². The van der Waals surface area contributed by atoms with E-state index in [-0.39, 0.29) is 5.76 Å². The highest BCUT2D eigenvalue weighted by molar-refractivity contribution is 5.91. The van der Waals surface area contributed by atoms with Crippen LogP contribution >= 0.6 is 0 Å². The minimum Gasteiger partial charge on any atom is -0.475 e. The fraction of sp³-hybridized carbons (Fsp3) is 0.300. The van der Waals surface area contributed by atoms with Gasteiger partial charge >= 0.3 is 5.97 Å². The van der Waals surface area contributed by atoms with Crippen LogP contribution in [0.4, 0.5) is 0 Å². The predicted octanol–water partition coefficient (Wildman–Crippen LogP) is 1.35. The maximum atomic E-state index is 10.8. The van der Waals surface area contributed by atoms with E-state index in [4.69, 9.17) is 9.52 Å². The summed E-state index contributed by atoms with van der Waals surface area (Å²) >= 11 is 0. The fourth-order valence-corrected chi connectivity index (χ4v) is 1.59. The topological polar surface area (TPSA) is 62.5 Å². The Bertz CT molecular complexity index is 378. The Hall–Kier alpha value is -1.55. The molecule has 2 rings (SSSR count). The normalized spacial score (nSPS) is 16.4. The Labute approximate surface area is 81.2 Å². The summed E-state index contributed by atoms with van der Waals surface area (Å²) in [7, 11) is 0. The second kappa shape index (κ2) is 3.67. The van der Waals surface area contributed by atoms with Crippen molar-refractivity contribution in [3.05, 3.63) is 29.7 Å². The molecule has 1 aliphatic heterocycles. The van der Waals surface area contributed by atoms with Crippen LogP contribution in [0.15, 0.2) is 22.8 Å². The van der Waals surface area contributed by atoms with E-state index in [9.17, 15) is 4.79 Å². The molecule has 0 aromatic carbocycles. The van der Waals surface area contributed by atoms with E-state index >= 15 is 0 Å². The maximum Gasteiger partial charge on any atom is 0.372 e. The first-order valence-electron chi connectivity index (χ1n) is 4.50. The van der Waals surface area contributed by atoms with Crippen LogP contribution in [-0.2, 0) is 0 Å². The molecule has 0 fully saturated rings. The Morgan fingerprint density at radius 1 is 1.57 bits per heavy atom. The first-order valence-corrected chi connectivity index (χ1v) is 4.50. The zero-order valence-corrected chi connectivity index (χ0v) is 7.62. The van der Waals surface area contributed by atoms with Crippen LogP contribution in [0.2, 0.25) is 0 Å². The molecule has 0 radical (unpaired) electrons. The van der Waals surface area contributed by atoms with Gasteiger partial charge in [0.05, 0.1) is 6.26 Å². The lowest BCUT2D eigenvalue weighted by atomic mass is 10.0. The SMILES string of the molecule is O=C(O)c1occc1C1=CCNCC1. The summed E-state index contributed by atoms with van der Waals surface area (Å²) < 4.78 is 4.92. The number of hydrogen-bond acceptors (Lipinski definition) is 3. The van der Waals surface area contributed by atoms with Gasteiger partial charge in [-0.2, -0.15) is 0 Å². The number of nitrogens with one attached hydrogen (secondary N) is 1. The van der Waals surface area contributed by atoms with Crippen molar-refractivity contribution in [2.24, 2.45) is 0 Å². The molecule has 0 amide bonds. The number of furan rings is 1. The minimum atomic E-state index is -1.01. The molecule has 0 bridgehead atoms. The summed E-state index contributed by atoms with van der Waals surface area (Å²) in [5.74, 6) is -0.970. The van der Waals surface area contributed by atoms with Crippen molar-refractivity contribution in [3.8, 4) is 0 Å². The van der Waals surface area contributed by atoms with Crippen LogP contribution in [0.5, 0.6) is 0 Å². The second-order valence-electron chi connectivity index (χ2n) is 3.15. The van der Waals surface area contributed by atoms with Gasteiger partial charge in [0.15, 0.2) is 0 Å². The highest BCUT2D eigenvalue weighted by Crippen LogP contribution is 2.24. The standard InChI is InChI=1S/C10H11NO3/c12-10(13)9-8(3-6-14-9)7-1-4-11-5-2-7/h1,3,6,11H,2,4-5H2,(H,12,13). The van der Waals surface area contributed by atoms with Gasteiger partial charge in [-0.3, -0.25) is 0 Å². The van der Waals surface area contributed by atoms with Gasteiger partial charge in [-0.15, -0.1) is 0 Å². The van der Waals surface area contributed by atoms with Crippen molar-refractivity contribution >= 4 is 11.5 Å². The Morgan fingerprint density at radius 2 is 2.43 bits per heavy atom. The molecule has 4 nitrogen and oxygen atoms in total. The average Bonchev–Trinajstić information content (AvgIpc) is 2.67. The van der Waals surface area contributed by atoms with Crippen LogP contribution in [-0.4, -0.2) is 24.2 Å². The number of aromatic carboxylic acids is 1. The lowest BCUT2D eigenvalue weighted by Gasteiger charge is -2.12. The first kappa shape index (κ1) is 9.02. The summed E-state index contributed by atoms with van der Waals surface area (Å²) in [6, 6.07) is 1.71. The van der Waals surface area contributed by atoms with Gasteiger partial charge in [0.2, 0.25) is 5.76 Å². The van der Waals surface area contributed by atoms with Gasteiger partial charge in [-0.25, -0.2) is 4.79 Å². The molecule has 2 N–H and O–H groups in total. The van der Waals surface area contributed by atoms with Crippen molar-refractivity contribution < 1.29 is 14.3 Å². The summed E-state index contributed by atoms with van der Waals surface area (Å²) in [6.07, 6.45) is 4.27. The van der Waals surface area contributed by atoms with Crippen LogP contribution in [0.3, 0.4) is 0 Å². The first-order chi connectivity index (χ1) is 6.79. The lowest BCUT2D eigenvalue weighted by molar-refractivity contribution is 0.0662. The molecule has 74 valence electrons. The van der Waals surface area contributed by atoms with E-state index in [0.29, 0.717) is 5.56 Å². The van der Waals surface area contributed by atoms with Crippen molar-refractivity contribution in [3.63, 3.8) is 0 Å². The Kier molecular flexibility index (Phi) is 2.37. The van der Waals surface area contributed by atoms with E-state index in [2.05, 4.69) is 5.32 Å². The molecule has 0 aliphatic carbocycles. The third kappa shape index (κ3) is 1.56. The molecule has 0 saturated carbocycles. The van der Waals surface area contributed by atoms with Crippen LogP contribution in [0.25, 0.3) is 5.57 Å². The average molecular weight is 193 g/mol. The molecule has 1 aromatic rings. The molecule has 1 aliphatic rings. The van der Waals surface area contributed by atoms with Crippen LogP contribution < -0.4 is 5.32 Å². The number of carboxylic acids is 1. The quantitative estimate of drug-likeness (QED) is 0.744. The second-order valence-corrected chi connectivity index (χ2v) is 3.15. The van der Waals surface area contributed by atoms with Crippen molar-refractivity contribution in [2.75, 3.05) is 13.1 Å². The Morgan fingerprint density at radius 3 is 3.07 bits per heavy atom. The lowest BCUT2D eigenvalue weighted by Crippen LogP contribution is -2.20. The highest BCUT2D eigenvalue weighted by atomic mass is 16.4. The van der Waals surface area contributed by atoms with Crippen molar-refractivity contribution in [2.45, 2.75) is 6.42 Å². The molecular formula is C10H11NO3. The van der Waals surface area contributed by atoms with Gasteiger partial charge in [-0.1, -0.05) is 6.08 Å². The Balaban J connectivity index is 2.35. The number of carbonyl (C=O) groups is 1. The van der Waals surface area contributed by atoms with E-state index in [0.717, 1.165) is 25.1 Å². The number of carboxylic acid groups (broad SMARTS) is 1. The van der Waals surface area contributed by atoms with Gasteiger partial charge in [0.25, 0.3) is 0 Å². The van der Waals surface area contributed by atoms with Gasteiger partial charge < -0.3 is 14.8 Å².